The Morgan fingerprint density at radius 3 is 2.44 bits per heavy atom. The second kappa shape index (κ2) is 9.75. The molecule has 6 heteroatoms. The van der Waals surface area contributed by atoms with Gasteiger partial charge in [-0.05, 0) is 47.3 Å². The lowest BCUT2D eigenvalue weighted by molar-refractivity contribution is -0.128. The molecule has 0 unspecified atom stereocenters. The van der Waals surface area contributed by atoms with Gasteiger partial charge in [0.2, 0.25) is 5.91 Å². The molecule has 1 aromatic heterocycles. The van der Waals surface area contributed by atoms with Crippen LogP contribution in [0.25, 0.3) is 0 Å². The zero-order valence-electron chi connectivity index (χ0n) is 19.5. The van der Waals surface area contributed by atoms with Crippen LogP contribution in [-0.4, -0.2) is 53.8 Å². The number of hydrogen-bond acceptors (Lipinski definition) is 4. The molecule has 2 aromatic rings. The van der Waals surface area contributed by atoms with Crippen LogP contribution in [0.4, 0.5) is 0 Å². The van der Waals surface area contributed by atoms with E-state index in [1.165, 1.54) is 22.5 Å². The van der Waals surface area contributed by atoms with Crippen LogP contribution >= 0.6 is 11.3 Å². The third kappa shape index (κ3) is 5.41. The third-order valence-corrected chi connectivity index (χ3v) is 7.76. The van der Waals surface area contributed by atoms with E-state index >= 15 is 0 Å². The van der Waals surface area contributed by atoms with E-state index in [2.05, 4.69) is 55.3 Å². The van der Waals surface area contributed by atoms with E-state index in [0.29, 0.717) is 13.1 Å². The number of benzene rings is 1. The number of amides is 2. The summed E-state index contributed by atoms with van der Waals surface area (Å²) in [4.78, 5) is 30.9. The summed E-state index contributed by atoms with van der Waals surface area (Å²) in [6, 6.07) is 12.5. The molecule has 2 amide bonds. The summed E-state index contributed by atoms with van der Waals surface area (Å²) in [6.07, 6.45) is 2.53. The van der Waals surface area contributed by atoms with E-state index < -0.39 is 0 Å². The number of rotatable bonds is 5. The van der Waals surface area contributed by atoms with Crippen molar-refractivity contribution in [1.82, 2.24) is 15.1 Å². The van der Waals surface area contributed by atoms with Gasteiger partial charge in [0, 0.05) is 44.7 Å². The Morgan fingerprint density at radius 2 is 1.78 bits per heavy atom. The van der Waals surface area contributed by atoms with Crippen molar-refractivity contribution in [3.05, 3.63) is 57.8 Å². The fourth-order valence-electron chi connectivity index (χ4n) is 4.69. The molecule has 1 atom stereocenters. The normalized spacial score (nSPS) is 18.8. The van der Waals surface area contributed by atoms with Gasteiger partial charge in [0.15, 0.2) is 0 Å². The van der Waals surface area contributed by atoms with E-state index in [1.807, 2.05) is 22.4 Å². The lowest BCUT2D eigenvalue weighted by atomic mass is 9.85. The van der Waals surface area contributed by atoms with Gasteiger partial charge in [-0.2, -0.15) is 0 Å². The van der Waals surface area contributed by atoms with Gasteiger partial charge in [-0.3, -0.25) is 14.5 Å². The van der Waals surface area contributed by atoms with Crippen molar-refractivity contribution in [2.45, 2.75) is 52.6 Å². The summed E-state index contributed by atoms with van der Waals surface area (Å²) >= 11 is 1.48. The van der Waals surface area contributed by atoms with Crippen molar-refractivity contribution >= 4 is 23.2 Å². The van der Waals surface area contributed by atoms with Gasteiger partial charge in [0.1, 0.15) is 0 Å². The first-order valence-electron chi connectivity index (χ1n) is 11.7. The molecule has 2 aliphatic heterocycles. The van der Waals surface area contributed by atoms with Crippen molar-refractivity contribution < 1.29 is 9.59 Å². The van der Waals surface area contributed by atoms with E-state index in [4.69, 9.17) is 0 Å². The van der Waals surface area contributed by atoms with Crippen LogP contribution in [0.1, 0.15) is 54.4 Å². The first kappa shape index (κ1) is 23.0. The summed E-state index contributed by atoms with van der Waals surface area (Å²) in [5.41, 5.74) is 2.83. The number of likely N-dealkylation sites (tertiary alicyclic amines) is 1. The summed E-state index contributed by atoms with van der Waals surface area (Å²) in [6.45, 7) is 10.8. The zero-order chi connectivity index (χ0) is 22.7. The molecule has 1 fully saturated rings. The Labute approximate surface area is 195 Å². The number of piperidine rings is 1. The maximum atomic E-state index is 13.2. The Bertz CT molecular complexity index is 927. The number of thiophene rings is 1. The number of fused-ring (bicyclic) bond motifs is 1. The zero-order valence-corrected chi connectivity index (χ0v) is 20.3. The molecule has 1 aromatic carbocycles. The minimum absolute atomic E-state index is 0.0192. The molecule has 5 nitrogen and oxygen atoms in total. The van der Waals surface area contributed by atoms with Crippen LogP contribution in [0.15, 0.2) is 41.8 Å². The molecular formula is C26H35N3O2S. The summed E-state index contributed by atoms with van der Waals surface area (Å²) in [5.74, 6) is 0.219. The van der Waals surface area contributed by atoms with E-state index in [9.17, 15) is 9.59 Å². The maximum absolute atomic E-state index is 13.2. The van der Waals surface area contributed by atoms with Crippen LogP contribution in [0.5, 0.6) is 0 Å². The molecule has 0 radical (unpaired) electrons. The van der Waals surface area contributed by atoms with Crippen LogP contribution in [0.2, 0.25) is 0 Å². The van der Waals surface area contributed by atoms with Crippen molar-refractivity contribution in [2.24, 2.45) is 11.3 Å². The smallest absolute Gasteiger partial charge is 0.263 e. The molecule has 3 heterocycles. The SMILES string of the molecule is CC(C)(C)[C@H](CN1CCc2ccccc2C1)NC(=O)C1CCN(C(=O)c2cccs2)CC1. The van der Waals surface area contributed by atoms with Crippen LogP contribution in [0, 0.1) is 11.3 Å². The van der Waals surface area contributed by atoms with E-state index in [1.54, 1.807) is 0 Å². The number of carbonyl (C=O) groups excluding carboxylic acids is 2. The number of nitrogens with one attached hydrogen (secondary N) is 1. The lowest BCUT2D eigenvalue weighted by Gasteiger charge is -2.39. The summed E-state index contributed by atoms with van der Waals surface area (Å²) < 4.78 is 0. The second-order valence-corrected chi connectivity index (χ2v) is 11.2. The highest BCUT2D eigenvalue weighted by molar-refractivity contribution is 7.12. The number of carbonyl (C=O) groups is 2. The monoisotopic (exact) mass is 453 g/mol. The molecular weight excluding hydrogens is 418 g/mol. The second-order valence-electron chi connectivity index (χ2n) is 10.2. The molecule has 0 aliphatic carbocycles. The van der Waals surface area contributed by atoms with Gasteiger partial charge in [0.25, 0.3) is 5.91 Å². The first-order chi connectivity index (χ1) is 15.3. The van der Waals surface area contributed by atoms with Crippen LogP contribution in [-0.2, 0) is 17.8 Å². The largest absolute Gasteiger partial charge is 0.351 e. The predicted octanol–water partition coefficient (Wildman–Crippen LogP) is 4.19. The summed E-state index contributed by atoms with van der Waals surface area (Å²) in [7, 11) is 0. The van der Waals surface area contributed by atoms with Crippen LogP contribution < -0.4 is 5.32 Å². The van der Waals surface area contributed by atoms with E-state index in [0.717, 1.165) is 43.8 Å². The van der Waals surface area contributed by atoms with Crippen LogP contribution in [0.3, 0.4) is 0 Å². The minimum atomic E-state index is -0.0253. The predicted molar refractivity (Wildman–Crippen MR) is 130 cm³/mol. The average molecular weight is 454 g/mol. The van der Waals surface area contributed by atoms with Crippen molar-refractivity contribution in [3.8, 4) is 0 Å². The molecule has 2 aliphatic rings. The average Bonchev–Trinajstić information content (AvgIpc) is 3.32. The molecule has 0 bridgehead atoms. The highest BCUT2D eigenvalue weighted by Gasteiger charge is 2.33. The van der Waals surface area contributed by atoms with Crippen molar-refractivity contribution in [1.29, 1.82) is 0 Å². The van der Waals surface area contributed by atoms with Gasteiger partial charge in [0.05, 0.1) is 4.88 Å². The molecule has 0 spiro atoms. The first-order valence-corrected chi connectivity index (χ1v) is 12.6. The molecule has 4 rings (SSSR count). The molecule has 32 heavy (non-hydrogen) atoms. The Balaban J connectivity index is 1.32. The van der Waals surface area contributed by atoms with Gasteiger partial charge in [-0.25, -0.2) is 0 Å². The van der Waals surface area contributed by atoms with Crippen molar-refractivity contribution in [2.75, 3.05) is 26.2 Å². The molecule has 0 saturated carbocycles. The van der Waals surface area contributed by atoms with Gasteiger partial charge in [-0.1, -0.05) is 51.1 Å². The quantitative estimate of drug-likeness (QED) is 0.739. The fourth-order valence-corrected chi connectivity index (χ4v) is 5.39. The topological polar surface area (TPSA) is 52.7 Å². The van der Waals surface area contributed by atoms with E-state index in [-0.39, 0.29) is 29.2 Å². The molecule has 172 valence electrons. The third-order valence-electron chi connectivity index (χ3n) is 6.90. The fraction of sp³-hybridized carbons (Fsp3) is 0.538. The van der Waals surface area contributed by atoms with Gasteiger partial charge in [-0.15, -0.1) is 11.3 Å². The Kier molecular flexibility index (Phi) is 7.01. The Morgan fingerprint density at radius 1 is 1.06 bits per heavy atom. The number of nitrogens with zero attached hydrogens (tertiary/aromatic N) is 2. The minimum Gasteiger partial charge on any atom is -0.351 e. The molecule has 1 N–H and O–H groups in total. The standard InChI is InChI=1S/C26H35N3O2S/c1-26(2,3)23(18-28-13-10-19-7-4-5-8-21(19)17-28)27-24(30)20-11-14-29(15-12-20)25(31)22-9-6-16-32-22/h4-9,16,20,23H,10-15,17-18H2,1-3H3,(H,27,30)/t23-/m0/s1. The number of hydrogen-bond donors (Lipinski definition) is 1. The maximum Gasteiger partial charge on any atom is 0.263 e. The van der Waals surface area contributed by atoms with Gasteiger partial charge < -0.3 is 10.2 Å². The van der Waals surface area contributed by atoms with Crippen molar-refractivity contribution in [3.63, 3.8) is 0 Å². The molecule has 1 saturated heterocycles. The Hall–Kier alpha value is -2.18. The highest BCUT2D eigenvalue weighted by atomic mass is 32.1. The highest BCUT2D eigenvalue weighted by Crippen LogP contribution is 2.26. The summed E-state index contributed by atoms with van der Waals surface area (Å²) in [5, 5.41) is 5.32. The lowest BCUT2D eigenvalue weighted by Crippen LogP contribution is -2.53. The van der Waals surface area contributed by atoms with Gasteiger partial charge >= 0.3 is 0 Å².